The number of likely N-dealkylation sites (tertiary alicyclic amines) is 2. The van der Waals surface area contributed by atoms with Crippen molar-refractivity contribution in [1.29, 1.82) is 0 Å². The van der Waals surface area contributed by atoms with Crippen molar-refractivity contribution in [2.45, 2.75) is 21.7 Å². The van der Waals surface area contributed by atoms with Crippen LogP contribution in [0.4, 0.5) is 0 Å². The van der Waals surface area contributed by atoms with Crippen LogP contribution >= 0.6 is 0 Å². The molecule has 2 aliphatic heterocycles. The Labute approximate surface area is 555 Å². The average molecular weight is 1300 g/mol. The third-order valence-corrected chi connectivity index (χ3v) is 31.1. The largest absolute Gasteiger partial charge is 0.480 e. The maximum absolute atomic E-state index is 11.6. The van der Waals surface area contributed by atoms with Gasteiger partial charge in [0.1, 0.15) is 0 Å². The molecule has 24 aromatic rings. The number of hydrogen-bond acceptors (Lipinski definition) is 12. The molecule has 472 valence electrons. The Balaban J connectivity index is 0.680. The molecule has 10 aliphatic rings. The number of nitrogens with zero attached hydrogens (tertiary/aromatic N) is 4. The van der Waals surface area contributed by atoms with Crippen molar-refractivity contribution in [3.8, 4) is 11.1 Å². The lowest BCUT2D eigenvalue weighted by Crippen LogP contribution is -2.51. The van der Waals surface area contributed by atoms with Crippen LogP contribution in [0.5, 0.6) is 0 Å². The second-order valence-electron chi connectivity index (χ2n) is 33.5. The molecular formula is C84H44N4O12. The molecule has 2 unspecified atom stereocenters. The maximum atomic E-state index is 11.6. The first kappa shape index (κ1) is 48.1. The highest BCUT2D eigenvalue weighted by atomic mass is 16.5. The summed E-state index contributed by atoms with van der Waals surface area (Å²) >= 11 is 0. The monoisotopic (exact) mass is 1300 g/mol. The number of rotatable bonds is 26. The molecule has 0 saturated carbocycles. The van der Waals surface area contributed by atoms with Gasteiger partial charge in [0.2, 0.25) is 0 Å². The third-order valence-electron chi connectivity index (χ3n) is 31.1. The van der Waals surface area contributed by atoms with Crippen molar-refractivity contribution >= 4 is 272 Å². The quantitative estimate of drug-likeness (QED) is 0.0295. The molecule has 2 heterocycles. The number of aliphatic carboxylic acids is 4. The van der Waals surface area contributed by atoms with Crippen LogP contribution in [0.15, 0.2) is 0 Å². The Kier molecular flexibility index (Phi) is 6.31. The van der Waals surface area contributed by atoms with E-state index in [9.17, 15) is 39.6 Å². The predicted octanol–water partition coefficient (Wildman–Crippen LogP) is 12.4. The van der Waals surface area contributed by atoms with Crippen molar-refractivity contribution in [3.63, 3.8) is 0 Å². The molecule has 4 N–H and O–H groups in total. The second-order valence-corrected chi connectivity index (χ2v) is 33.5. The number of carbonyl (C=O) groups is 4. The number of ether oxygens (including phenoxy) is 4. The third kappa shape index (κ3) is 3.57. The molecule has 34 rings (SSSR count). The van der Waals surface area contributed by atoms with Crippen molar-refractivity contribution in [2.24, 2.45) is 0 Å². The molecular weight excluding hydrogens is 1260 g/mol. The van der Waals surface area contributed by atoms with Crippen LogP contribution in [-0.4, -0.2) is 195 Å². The molecule has 16 nitrogen and oxygen atoms in total. The highest BCUT2D eigenvalue weighted by molar-refractivity contribution is 6.79. The van der Waals surface area contributed by atoms with Gasteiger partial charge in [-0.1, -0.05) is 0 Å². The van der Waals surface area contributed by atoms with E-state index in [-0.39, 0.29) is 52.5 Å². The van der Waals surface area contributed by atoms with Crippen LogP contribution in [0.3, 0.4) is 0 Å². The van der Waals surface area contributed by atoms with Crippen LogP contribution in [0.25, 0.3) is 259 Å². The molecule has 0 aromatic heterocycles. The minimum absolute atomic E-state index is 0.199. The number of hydrogen-bond donors (Lipinski definition) is 4. The Morgan fingerprint density at radius 3 is 0.640 bits per heavy atom. The average Bonchev–Trinajstić information content (AvgIpc) is 1.37. The van der Waals surface area contributed by atoms with Crippen LogP contribution in [0, 0.1) is 0 Å². The van der Waals surface area contributed by atoms with E-state index in [1.165, 1.54) is 9.80 Å². The van der Waals surface area contributed by atoms with Gasteiger partial charge in [-0.25, -0.2) is 0 Å². The zero-order chi connectivity index (χ0) is 63.9. The summed E-state index contributed by atoms with van der Waals surface area (Å²) in [5.74, 6) is -4.27. The van der Waals surface area contributed by atoms with E-state index in [2.05, 4.69) is 9.80 Å². The smallest absolute Gasteiger partial charge is 0.317 e. The number of carboxylic acid groups (broad SMARTS) is 4. The summed E-state index contributed by atoms with van der Waals surface area (Å²) in [6.07, 6.45) is 0. The van der Waals surface area contributed by atoms with Gasteiger partial charge in [0.05, 0.1) is 101 Å². The Morgan fingerprint density at radius 2 is 0.420 bits per heavy atom. The standard InChI is InChI=1S/C84H44N4O12/c89-21(90)13-85(14-22(91)92)1-5-97-9-11-99-7-3-87-17-81-73-59-49-38-29-25-26-28-33-27(25)34-31-36(29)44(49)55-47-40(31)51-42(34)53-46(33)54-43-35(28)32-37-30(26)39(38)50-45(37)56-48-41(32)52(43)64-68-58(48)70(66(56)74(81)60(50)59)80-72-71-77-67(57(47)69(65(55)73)79(71)84(80,81)20-87)63(51)75-61(53)62(54)76(64)83(78(68)72)19-88(18-82(75,77)83)4-8-100-12-10-98-6-2-86(15-23(93)94)16-24(95)96/h1-20H2,(H,89,90)(H,91,92)(H,93,94)(H,95,96). The first-order valence-electron chi connectivity index (χ1n) is 36.1. The van der Waals surface area contributed by atoms with Gasteiger partial charge in [0.25, 0.3) is 0 Å². The lowest BCUT2D eigenvalue weighted by Gasteiger charge is -2.50. The fourth-order valence-corrected chi connectivity index (χ4v) is 30.2. The Bertz CT molecular complexity index is 7730. The summed E-state index contributed by atoms with van der Waals surface area (Å²) in [5.41, 5.74) is 15.0. The second kappa shape index (κ2) is 13.1. The molecule has 4 spiro atoms. The van der Waals surface area contributed by atoms with Crippen molar-refractivity contribution in [2.75, 3.05) is 131 Å². The molecule has 8 aliphatic carbocycles. The van der Waals surface area contributed by atoms with Crippen LogP contribution < -0.4 is 0 Å². The van der Waals surface area contributed by atoms with E-state index in [0.29, 0.717) is 39.6 Å². The summed E-state index contributed by atoms with van der Waals surface area (Å²) in [6, 6.07) is 0. The predicted molar refractivity (Wildman–Crippen MR) is 386 cm³/mol. The van der Waals surface area contributed by atoms with Crippen molar-refractivity contribution in [1.82, 2.24) is 19.6 Å². The number of benzene rings is 16. The topological polar surface area (TPSA) is 199 Å². The minimum atomic E-state index is -1.07. The van der Waals surface area contributed by atoms with Gasteiger partial charge >= 0.3 is 23.9 Å². The van der Waals surface area contributed by atoms with E-state index >= 15 is 0 Å². The maximum Gasteiger partial charge on any atom is 0.317 e. The van der Waals surface area contributed by atoms with E-state index in [4.69, 9.17) is 18.9 Å². The molecule has 2 fully saturated rings. The summed E-state index contributed by atoms with van der Waals surface area (Å²) in [4.78, 5) is 54.9. The molecule has 0 radical (unpaired) electrons. The van der Waals surface area contributed by atoms with E-state index in [0.717, 1.165) is 39.3 Å². The highest BCUT2D eigenvalue weighted by Crippen LogP contribution is 2.89. The van der Waals surface area contributed by atoms with Crippen LogP contribution in [0.2, 0.25) is 0 Å². The van der Waals surface area contributed by atoms with Gasteiger partial charge in [0.15, 0.2) is 0 Å². The van der Waals surface area contributed by atoms with E-state index in [1.807, 2.05) is 0 Å². The summed E-state index contributed by atoms with van der Waals surface area (Å²) < 4.78 is 25.4. The Morgan fingerprint density at radius 1 is 0.250 bits per heavy atom. The molecule has 2 saturated heterocycles. The molecule has 0 amide bonds. The molecule has 2 atom stereocenters. The fraction of sp³-hybridized carbons (Fsp3) is 0.286. The van der Waals surface area contributed by atoms with Gasteiger partial charge in [0, 0.05) is 52.4 Å². The van der Waals surface area contributed by atoms with Gasteiger partial charge in [-0.2, -0.15) is 0 Å². The van der Waals surface area contributed by atoms with Gasteiger partial charge in [-0.05, 0) is 303 Å². The molecule has 100 heavy (non-hydrogen) atoms. The minimum Gasteiger partial charge on any atom is -0.480 e. The molecule has 0 bridgehead atoms. The summed E-state index contributed by atoms with van der Waals surface area (Å²) in [5, 5.41) is 111. The summed E-state index contributed by atoms with van der Waals surface area (Å²) in [6.45, 7) is 6.95. The first-order valence-corrected chi connectivity index (χ1v) is 36.1. The molecule has 24 aromatic carbocycles. The van der Waals surface area contributed by atoms with Gasteiger partial charge in [-0.15, -0.1) is 0 Å². The number of carboxylic acids is 4. The first-order chi connectivity index (χ1) is 49.0. The highest BCUT2D eigenvalue weighted by Gasteiger charge is 2.79. The van der Waals surface area contributed by atoms with Crippen molar-refractivity contribution in [3.05, 3.63) is 44.5 Å². The zero-order valence-electron chi connectivity index (χ0n) is 53.0. The lowest BCUT2D eigenvalue weighted by atomic mass is 9.49. The SMILES string of the molecule is O=C(O)CN(CCOCCOCCN1CC23c4c5c6c7c8c9c%10c%11c%12c%13c%14c(c-5c5c%15c%16c(c%17c%18c2c2c4c7c4c8c7c%10c8c%10c%11c%11c%13c(c%14%15)c%13c%16c%14c%17c%15c%18c%16c2c4c2c7c8c4c(c%162)c%15c2c%14c%13c%11c%10c24)C53C1)C61CN(CCOCCOCCN(CC(=O)O)CC(=O)O)CC9%121)CC(=O)O. The van der Waals surface area contributed by atoms with E-state index in [1.54, 1.807) is 303 Å². The molecule has 16 heteroatoms. The lowest BCUT2D eigenvalue weighted by molar-refractivity contribution is -0.144. The van der Waals surface area contributed by atoms with E-state index < -0.39 is 45.5 Å². The van der Waals surface area contributed by atoms with Crippen LogP contribution in [0.1, 0.15) is 44.5 Å². The van der Waals surface area contributed by atoms with Gasteiger partial charge < -0.3 is 39.4 Å². The zero-order valence-corrected chi connectivity index (χ0v) is 53.0. The van der Waals surface area contributed by atoms with Crippen molar-refractivity contribution < 1.29 is 58.6 Å². The van der Waals surface area contributed by atoms with Crippen LogP contribution in [-0.2, 0) is 59.8 Å². The fourth-order valence-electron chi connectivity index (χ4n) is 30.2. The normalized spacial score (nSPS) is 23.6. The Hall–Kier alpha value is -9.72. The van der Waals surface area contributed by atoms with Gasteiger partial charge in [-0.3, -0.25) is 38.8 Å². The summed E-state index contributed by atoms with van der Waals surface area (Å²) in [7, 11) is 0.